The van der Waals surface area contributed by atoms with Crippen molar-refractivity contribution in [3.8, 4) is 11.5 Å². The number of anilines is 2. The molecule has 11 heteroatoms. The number of nitrogens with two attached hydrogens (primary N) is 2. The first kappa shape index (κ1) is 21.9. The summed E-state index contributed by atoms with van der Waals surface area (Å²) in [4.78, 5) is 39.1. The Morgan fingerprint density at radius 3 is 2.53 bits per heavy atom. The molecule has 4 rings (SSSR count). The third-order valence-electron chi connectivity index (χ3n) is 5.51. The van der Waals surface area contributed by atoms with Crippen LogP contribution in [0.3, 0.4) is 0 Å². The van der Waals surface area contributed by atoms with Crippen molar-refractivity contribution in [3.63, 3.8) is 0 Å². The summed E-state index contributed by atoms with van der Waals surface area (Å²) < 4.78 is 15.1. The minimum atomic E-state index is -0.821. The number of amides is 3. The van der Waals surface area contributed by atoms with Crippen molar-refractivity contribution >= 4 is 40.6 Å². The lowest BCUT2D eigenvalue weighted by molar-refractivity contribution is -0.120. The maximum Gasteiger partial charge on any atom is 0.272 e. The number of hydrogen-bond acceptors (Lipinski definition) is 8. The zero-order valence-electron chi connectivity index (χ0n) is 17.5. The molecule has 0 atom stereocenters. The topological polar surface area (TPSA) is 150 Å². The van der Waals surface area contributed by atoms with E-state index in [0.717, 1.165) is 37.2 Å². The van der Waals surface area contributed by atoms with Crippen LogP contribution in [0.4, 0.5) is 11.4 Å². The molecule has 0 saturated heterocycles. The lowest BCUT2D eigenvalue weighted by atomic mass is 9.95. The number of nitrogen functional groups attached to an aromatic ring is 1. The molecule has 2 heterocycles. The molecular weight excluding hydrogens is 434 g/mol. The number of aromatic nitrogens is 1. The minimum Gasteiger partial charge on any atom is -0.486 e. The summed E-state index contributed by atoms with van der Waals surface area (Å²) in [6.07, 6.45) is 5.16. The van der Waals surface area contributed by atoms with Crippen molar-refractivity contribution in [3.05, 3.63) is 28.8 Å². The van der Waals surface area contributed by atoms with Gasteiger partial charge in [0.2, 0.25) is 5.91 Å². The highest BCUT2D eigenvalue weighted by Gasteiger charge is 2.29. The zero-order chi connectivity index (χ0) is 22.7. The van der Waals surface area contributed by atoms with Gasteiger partial charge in [-0.1, -0.05) is 19.3 Å². The molecule has 0 spiro atoms. The molecule has 1 fully saturated rings. The second-order valence-electron chi connectivity index (χ2n) is 7.76. The number of hydrogen-bond donors (Lipinski definition) is 3. The number of carbonyl (C=O) groups excluding carboxylic acids is 3. The molecule has 32 heavy (non-hydrogen) atoms. The number of primary amides is 1. The van der Waals surface area contributed by atoms with Crippen molar-refractivity contribution in [2.45, 2.75) is 38.1 Å². The van der Waals surface area contributed by atoms with E-state index in [9.17, 15) is 14.4 Å². The van der Waals surface area contributed by atoms with E-state index in [1.165, 1.54) is 11.3 Å². The van der Waals surface area contributed by atoms with Crippen molar-refractivity contribution < 1.29 is 23.9 Å². The van der Waals surface area contributed by atoms with Crippen LogP contribution in [-0.4, -0.2) is 47.9 Å². The summed E-state index contributed by atoms with van der Waals surface area (Å²) in [6, 6.07) is 5.11. The number of carbonyl (C=O) groups is 3. The van der Waals surface area contributed by atoms with Gasteiger partial charge < -0.3 is 26.3 Å². The Balaban J connectivity index is 1.62. The number of ether oxygens (including phenoxy) is 2. The van der Waals surface area contributed by atoms with Crippen molar-refractivity contribution in [1.82, 2.24) is 9.69 Å². The summed E-state index contributed by atoms with van der Waals surface area (Å²) >= 11 is 0.772. The van der Waals surface area contributed by atoms with E-state index in [0.29, 0.717) is 30.4 Å². The van der Waals surface area contributed by atoms with E-state index in [1.54, 1.807) is 18.2 Å². The zero-order valence-corrected chi connectivity index (χ0v) is 18.3. The highest BCUT2D eigenvalue weighted by atomic mass is 32.1. The third-order valence-corrected chi connectivity index (χ3v) is 6.36. The van der Waals surface area contributed by atoms with E-state index in [-0.39, 0.29) is 34.8 Å². The van der Waals surface area contributed by atoms with Gasteiger partial charge in [0.1, 0.15) is 24.6 Å². The Labute approximate surface area is 189 Å². The van der Waals surface area contributed by atoms with Gasteiger partial charge in [-0.05, 0) is 36.5 Å². The van der Waals surface area contributed by atoms with Crippen LogP contribution in [0.5, 0.6) is 11.5 Å². The minimum absolute atomic E-state index is 0.0409. The van der Waals surface area contributed by atoms with Crippen LogP contribution >= 0.6 is 11.5 Å². The maximum absolute atomic E-state index is 13.4. The Bertz CT molecular complexity index is 1030. The number of benzene rings is 1. The van der Waals surface area contributed by atoms with E-state index < -0.39 is 11.8 Å². The fourth-order valence-electron chi connectivity index (χ4n) is 3.90. The average Bonchev–Trinajstić information content (AvgIpc) is 3.19. The standard InChI is InChI=1S/C21H25N5O5S/c22-17-18(20(23)28)25-32-19(17)21(29)26(11-16(27)24-12-4-2-1-3-5-12)13-6-7-14-15(10-13)31-9-8-30-14/h6-7,10,12H,1-5,8-9,11,22H2,(H2,23,28)(H,24,27). The molecule has 0 radical (unpaired) electrons. The molecule has 10 nitrogen and oxygen atoms in total. The first-order chi connectivity index (χ1) is 15.4. The molecule has 1 aliphatic heterocycles. The fourth-order valence-corrected chi connectivity index (χ4v) is 4.65. The van der Waals surface area contributed by atoms with Gasteiger partial charge in [-0.2, -0.15) is 4.37 Å². The van der Waals surface area contributed by atoms with Gasteiger partial charge in [-0.25, -0.2) is 0 Å². The van der Waals surface area contributed by atoms with Gasteiger partial charge in [-0.3, -0.25) is 19.3 Å². The van der Waals surface area contributed by atoms with Gasteiger partial charge >= 0.3 is 0 Å². The highest BCUT2D eigenvalue weighted by molar-refractivity contribution is 7.09. The number of nitrogens with one attached hydrogen (secondary N) is 1. The molecular formula is C21H25N5O5S. The lowest BCUT2D eigenvalue weighted by Crippen LogP contribution is -2.45. The summed E-state index contributed by atoms with van der Waals surface area (Å²) in [6.45, 7) is 0.598. The average molecular weight is 460 g/mol. The summed E-state index contributed by atoms with van der Waals surface area (Å²) in [5, 5.41) is 3.02. The fraction of sp³-hybridized carbons (Fsp3) is 0.429. The van der Waals surface area contributed by atoms with E-state index in [2.05, 4.69) is 9.69 Å². The van der Waals surface area contributed by atoms with Crippen LogP contribution in [0.15, 0.2) is 18.2 Å². The smallest absolute Gasteiger partial charge is 0.272 e. The molecule has 5 N–H and O–H groups in total. The van der Waals surface area contributed by atoms with E-state index >= 15 is 0 Å². The van der Waals surface area contributed by atoms with Crippen LogP contribution < -0.4 is 31.2 Å². The summed E-state index contributed by atoms with van der Waals surface area (Å²) in [5.41, 5.74) is 11.4. The van der Waals surface area contributed by atoms with Crippen molar-refractivity contribution in [2.75, 3.05) is 30.4 Å². The lowest BCUT2D eigenvalue weighted by Gasteiger charge is -2.27. The monoisotopic (exact) mass is 459 g/mol. The molecule has 3 amide bonds. The summed E-state index contributed by atoms with van der Waals surface area (Å²) in [5.74, 6) is -0.609. The molecule has 1 saturated carbocycles. The van der Waals surface area contributed by atoms with Gasteiger partial charge in [0.05, 0.1) is 5.69 Å². The van der Waals surface area contributed by atoms with E-state index in [4.69, 9.17) is 20.9 Å². The van der Waals surface area contributed by atoms with E-state index in [1.807, 2.05) is 0 Å². The van der Waals surface area contributed by atoms with Crippen LogP contribution in [0.2, 0.25) is 0 Å². The van der Waals surface area contributed by atoms with Gasteiger partial charge in [0.25, 0.3) is 11.8 Å². The number of nitrogens with zero attached hydrogens (tertiary/aromatic N) is 2. The second-order valence-corrected chi connectivity index (χ2v) is 8.53. The van der Waals surface area contributed by atoms with Gasteiger partial charge in [-0.15, -0.1) is 0 Å². The van der Waals surface area contributed by atoms with Crippen molar-refractivity contribution in [1.29, 1.82) is 0 Å². The van der Waals surface area contributed by atoms with Crippen LogP contribution in [0.1, 0.15) is 52.3 Å². The number of fused-ring (bicyclic) bond motifs is 1. The first-order valence-electron chi connectivity index (χ1n) is 10.5. The second kappa shape index (κ2) is 9.43. The molecule has 2 aliphatic rings. The summed E-state index contributed by atoms with van der Waals surface area (Å²) in [7, 11) is 0. The Morgan fingerprint density at radius 2 is 1.84 bits per heavy atom. The van der Waals surface area contributed by atoms with Crippen molar-refractivity contribution in [2.24, 2.45) is 5.73 Å². The van der Waals surface area contributed by atoms with Gasteiger partial charge in [0.15, 0.2) is 17.2 Å². The van der Waals surface area contributed by atoms with Crippen LogP contribution in [-0.2, 0) is 4.79 Å². The molecule has 1 aromatic carbocycles. The molecule has 0 unspecified atom stereocenters. The Morgan fingerprint density at radius 1 is 1.12 bits per heavy atom. The quantitative estimate of drug-likeness (QED) is 0.595. The molecule has 170 valence electrons. The molecule has 0 bridgehead atoms. The molecule has 1 aromatic heterocycles. The molecule has 1 aliphatic carbocycles. The van der Waals surface area contributed by atoms with Gasteiger partial charge in [0, 0.05) is 17.8 Å². The third kappa shape index (κ3) is 4.62. The first-order valence-corrected chi connectivity index (χ1v) is 11.3. The number of rotatable bonds is 6. The highest BCUT2D eigenvalue weighted by Crippen LogP contribution is 2.35. The van der Waals surface area contributed by atoms with Crippen LogP contribution in [0.25, 0.3) is 0 Å². The van der Waals surface area contributed by atoms with Crippen LogP contribution in [0, 0.1) is 0 Å². The molecule has 2 aromatic rings. The predicted molar refractivity (Wildman–Crippen MR) is 119 cm³/mol. The predicted octanol–water partition coefficient (Wildman–Crippen LogP) is 1.69. The largest absolute Gasteiger partial charge is 0.486 e. The normalized spacial score (nSPS) is 15.8. The Hall–Kier alpha value is -3.34. The Kier molecular flexibility index (Phi) is 6.45. The SMILES string of the molecule is NC(=O)c1nsc(C(=O)N(CC(=O)NC2CCCCC2)c2ccc3c(c2)OCCO3)c1N. The maximum atomic E-state index is 13.4.